The lowest BCUT2D eigenvalue weighted by Gasteiger charge is -2.10. The van der Waals surface area contributed by atoms with E-state index in [-0.39, 0.29) is 17.2 Å². The number of carbonyl (C=O) groups is 1. The molecule has 0 saturated heterocycles. The fourth-order valence-corrected chi connectivity index (χ4v) is 4.61. The summed E-state index contributed by atoms with van der Waals surface area (Å²) in [5.74, 6) is 1.23. The molecule has 40 heavy (non-hydrogen) atoms. The fourth-order valence-electron chi connectivity index (χ4n) is 3.72. The van der Waals surface area contributed by atoms with Crippen LogP contribution >= 0.6 is 11.8 Å². The quantitative estimate of drug-likeness (QED) is 0.0992. The zero-order valence-corrected chi connectivity index (χ0v) is 22.8. The van der Waals surface area contributed by atoms with Crippen LogP contribution in [-0.4, -0.2) is 45.0 Å². The van der Waals surface area contributed by atoms with E-state index < -0.39 is 10.9 Å². The first-order valence-electron chi connectivity index (χ1n) is 12.1. The van der Waals surface area contributed by atoms with Crippen LogP contribution < -0.4 is 14.2 Å². The highest BCUT2D eigenvalue weighted by Gasteiger charge is 2.19. The highest BCUT2D eigenvalue weighted by Crippen LogP contribution is 2.33. The predicted molar refractivity (Wildman–Crippen MR) is 150 cm³/mol. The second-order valence-electron chi connectivity index (χ2n) is 8.35. The molecule has 1 N–H and O–H groups in total. The van der Waals surface area contributed by atoms with Crippen molar-refractivity contribution in [2.24, 2.45) is 0 Å². The number of methoxy groups -OCH3 is 2. The highest BCUT2D eigenvalue weighted by molar-refractivity contribution is 8.04. The third kappa shape index (κ3) is 6.77. The lowest BCUT2D eigenvalue weighted by Crippen LogP contribution is -2.03. The van der Waals surface area contributed by atoms with Crippen LogP contribution in [0.3, 0.4) is 0 Å². The summed E-state index contributed by atoms with van der Waals surface area (Å²) in [7, 11) is 3.12. The zero-order chi connectivity index (χ0) is 28.6. The summed E-state index contributed by atoms with van der Waals surface area (Å²) in [5.41, 5.74) is 2.18. The van der Waals surface area contributed by atoms with Crippen LogP contribution in [0.4, 0.5) is 5.69 Å². The van der Waals surface area contributed by atoms with Crippen LogP contribution in [0.2, 0.25) is 0 Å². The molecule has 3 aromatic carbocycles. The van der Waals surface area contributed by atoms with E-state index in [0.29, 0.717) is 40.3 Å². The lowest BCUT2D eigenvalue weighted by molar-refractivity contribution is -0.384. The van der Waals surface area contributed by atoms with Gasteiger partial charge >= 0.3 is 5.97 Å². The van der Waals surface area contributed by atoms with Gasteiger partial charge in [-0.05, 0) is 72.3 Å². The summed E-state index contributed by atoms with van der Waals surface area (Å²) in [6.45, 7) is 2.67. The first-order valence-corrected chi connectivity index (χ1v) is 12.9. The van der Waals surface area contributed by atoms with Gasteiger partial charge < -0.3 is 23.9 Å². The Balaban J connectivity index is 1.50. The number of non-ortho nitro benzene ring substituents is 1. The molecule has 0 spiro atoms. The van der Waals surface area contributed by atoms with Crippen molar-refractivity contribution >= 4 is 29.5 Å². The first-order chi connectivity index (χ1) is 19.3. The number of aromatic nitrogens is 3. The molecule has 11 nitrogen and oxygen atoms in total. The Morgan fingerprint density at radius 3 is 2.20 bits per heavy atom. The molecule has 0 aliphatic heterocycles. The van der Waals surface area contributed by atoms with E-state index in [0.717, 1.165) is 22.9 Å². The van der Waals surface area contributed by atoms with E-state index in [1.807, 2.05) is 23.6 Å². The lowest BCUT2D eigenvalue weighted by atomic mass is 10.2. The van der Waals surface area contributed by atoms with Crippen LogP contribution in [0.1, 0.15) is 18.1 Å². The number of hydrogen-bond donors (Lipinski definition) is 1. The number of hydrogen-bond acceptors (Lipinski definition) is 9. The van der Waals surface area contributed by atoms with Crippen LogP contribution in [0.15, 0.2) is 76.8 Å². The number of nitro benzene ring substituents is 1. The smallest absolute Gasteiger partial charge is 0.342 e. The van der Waals surface area contributed by atoms with Crippen LogP contribution in [0.25, 0.3) is 17.5 Å². The minimum absolute atomic E-state index is 0.0148. The SMILES string of the molecule is CCn1c(S/C(=C\c2ccc(OCc3ccc([N+](=O)[O-])cc3)cc2)C(=O)O)nnc1-c1cc(OC)cc(OC)c1. The first kappa shape index (κ1) is 28.2. The molecular weight excluding hydrogens is 536 g/mol. The topological polar surface area (TPSA) is 139 Å². The van der Waals surface area contributed by atoms with Crippen molar-refractivity contribution in [3.05, 3.63) is 92.9 Å². The number of nitro groups is 1. The molecule has 0 radical (unpaired) electrons. The Hall–Kier alpha value is -4.84. The van der Waals surface area contributed by atoms with Gasteiger partial charge in [-0.2, -0.15) is 0 Å². The number of benzene rings is 3. The third-order valence-electron chi connectivity index (χ3n) is 5.79. The van der Waals surface area contributed by atoms with Crippen molar-refractivity contribution in [2.75, 3.05) is 14.2 Å². The molecule has 0 aliphatic carbocycles. The van der Waals surface area contributed by atoms with Gasteiger partial charge in [-0.15, -0.1) is 10.2 Å². The molecule has 0 saturated carbocycles. The van der Waals surface area contributed by atoms with Gasteiger partial charge in [-0.1, -0.05) is 12.1 Å². The molecule has 4 aromatic rings. The number of thioether (sulfide) groups is 1. The standard InChI is InChI=1S/C28H26N4O7S/c1-4-31-26(20-14-23(37-2)16-24(15-20)38-3)29-30-28(31)40-25(27(33)34)13-18-7-11-22(12-8-18)39-17-19-5-9-21(10-6-19)32(35)36/h5-16H,4,17H2,1-3H3,(H,33,34)/b25-13-. The van der Waals surface area contributed by atoms with E-state index >= 15 is 0 Å². The minimum Gasteiger partial charge on any atom is -0.497 e. The highest BCUT2D eigenvalue weighted by atomic mass is 32.2. The average molecular weight is 563 g/mol. The predicted octanol–water partition coefficient (Wildman–Crippen LogP) is 5.69. The molecule has 0 bridgehead atoms. The largest absolute Gasteiger partial charge is 0.497 e. The van der Waals surface area contributed by atoms with Gasteiger partial charge in [0.1, 0.15) is 28.8 Å². The number of nitrogens with zero attached hydrogens (tertiary/aromatic N) is 4. The Kier molecular flexibility index (Phi) is 9.02. The fraction of sp³-hybridized carbons (Fsp3) is 0.179. The molecule has 1 aromatic heterocycles. The molecule has 0 unspecified atom stereocenters. The maximum atomic E-state index is 12.1. The Morgan fingerprint density at radius 2 is 1.65 bits per heavy atom. The minimum atomic E-state index is -1.10. The van der Waals surface area contributed by atoms with Crippen molar-refractivity contribution in [1.29, 1.82) is 0 Å². The molecule has 0 amide bonds. The number of aliphatic carboxylic acids is 1. The van der Waals surface area contributed by atoms with Crippen molar-refractivity contribution in [3.63, 3.8) is 0 Å². The van der Waals surface area contributed by atoms with Crippen molar-refractivity contribution < 1.29 is 29.0 Å². The molecule has 1 heterocycles. The Bertz CT molecular complexity index is 1510. The van der Waals surface area contributed by atoms with Crippen molar-refractivity contribution in [1.82, 2.24) is 14.8 Å². The zero-order valence-electron chi connectivity index (χ0n) is 21.9. The van der Waals surface area contributed by atoms with Crippen LogP contribution in [-0.2, 0) is 17.9 Å². The summed E-state index contributed by atoms with van der Waals surface area (Å²) >= 11 is 1.00. The number of carboxylic acids is 1. The van der Waals surface area contributed by atoms with E-state index in [4.69, 9.17) is 14.2 Å². The molecule has 206 valence electrons. The second-order valence-corrected chi connectivity index (χ2v) is 9.36. The van der Waals surface area contributed by atoms with E-state index in [1.54, 1.807) is 62.8 Å². The van der Waals surface area contributed by atoms with E-state index in [1.165, 1.54) is 12.1 Å². The van der Waals surface area contributed by atoms with Gasteiger partial charge in [0.05, 0.1) is 19.1 Å². The molecule has 0 atom stereocenters. The van der Waals surface area contributed by atoms with E-state index in [2.05, 4.69) is 10.2 Å². The van der Waals surface area contributed by atoms with Gasteiger partial charge in [-0.25, -0.2) is 4.79 Å². The van der Waals surface area contributed by atoms with Gasteiger partial charge in [0.2, 0.25) is 0 Å². The monoisotopic (exact) mass is 562 g/mol. The summed E-state index contributed by atoms with van der Waals surface area (Å²) in [6.07, 6.45) is 1.55. The normalized spacial score (nSPS) is 11.2. The van der Waals surface area contributed by atoms with Crippen molar-refractivity contribution in [2.45, 2.75) is 25.2 Å². The molecule has 0 aliphatic rings. The summed E-state index contributed by atoms with van der Waals surface area (Å²) in [4.78, 5) is 22.5. The van der Waals surface area contributed by atoms with Crippen molar-refractivity contribution in [3.8, 4) is 28.6 Å². The number of rotatable bonds is 12. The summed E-state index contributed by atoms with van der Waals surface area (Å²) in [5, 5.41) is 29.7. The van der Waals surface area contributed by atoms with Gasteiger partial charge in [0.15, 0.2) is 11.0 Å². The second kappa shape index (κ2) is 12.8. The molecular formula is C28H26N4O7S. The van der Waals surface area contributed by atoms with Crippen LogP contribution in [0.5, 0.6) is 17.2 Å². The Labute approximate surface area is 234 Å². The third-order valence-corrected chi connectivity index (χ3v) is 6.78. The summed E-state index contributed by atoms with van der Waals surface area (Å²) < 4.78 is 18.3. The van der Waals surface area contributed by atoms with Gasteiger partial charge in [0.25, 0.3) is 5.69 Å². The number of carboxylic acid groups (broad SMARTS) is 1. The number of ether oxygens (including phenoxy) is 3. The average Bonchev–Trinajstić information content (AvgIpc) is 3.38. The van der Waals surface area contributed by atoms with Gasteiger partial charge in [0, 0.05) is 30.3 Å². The van der Waals surface area contributed by atoms with Gasteiger partial charge in [-0.3, -0.25) is 10.1 Å². The molecule has 0 fully saturated rings. The molecule has 12 heteroatoms. The van der Waals surface area contributed by atoms with E-state index in [9.17, 15) is 20.0 Å². The maximum Gasteiger partial charge on any atom is 0.342 e. The maximum absolute atomic E-state index is 12.1. The summed E-state index contributed by atoms with van der Waals surface area (Å²) in [6, 6.07) is 18.4. The van der Waals surface area contributed by atoms with Crippen LogP contribution in [0, 0.1) is 10.1 Å². The molecule has 4 rings (SSSR count). The Morgan fingerprint density at radius 1 is 1.00 bits per heavy atom.